The van der Waals surface area contributed by atoms with Crippen molar-refractivity contribution in [2.24, 2.45) is 5.92 Å². The van der Waals surface area contributed by atoms with Crippen molar-refractivity contribution < 1.29 is 38.1 Å². The van der Waals surface area contributed by atoms with Gasteiger partial charge in [0.15, 0.2) is 23.2 Å². The van der Waals surface area contributed by atoms with E-state index in [0.29, 0.717) is 29.4 Å². The van der Waals surface area contributed by atoms with Crippen molar-refractivity contribution in [3.63, 3.8) is 0 Å². The normalized spacial score (nSPS) is 18.4. The van der Waals surface area contributed by atoms with Gasteiger partial charge in [-0.2, -0.15) is 0 Å². The molecule has 3 heterocycles. The molecule has 4 aromatic carbocycles. The molecule has 47 heavy (non-hydrogen) atoms. The predicted molar refractivity (Wildman–Crippen MR) is 173 cm³/mol. The van der Waals surface area contributed by atoms with Gasteiger partial charge in [0.25, 0.3) is 5.91 Å². The lowest BCUT2D eigenvalue weighted by atomic mass is 9.87. The van der Waals surface area contributed by atoms with Crippen LogP contribution in [-0.4, -0.2) is 51.8 Å². The Kier molecular flexibility index (Phi) is 8.07. The highest BCUT2D eigenvalue weighted by Gasteiger charge is 2.47. The van der Waals surface area contributed by atoms with Gasteiger partial charge < -0.3 is 28.6 Å². The maximum atomic E-state index is 14.3. The molecule has 238 valence electrons. The van der Waals surface area contributed by atoms with Crippen molar-refractivity contribution in [2.45, 2.75) is 44.4 Å². The monoisotopic (exact) mass is 632 g/mol. The summed E-state index contributed by atoms with van der Waals surface area (Å²) < 4.78 is 22.5. The lowest BCUT2D eigenvalue weighted by Crippen LogP contribution is -2.48. The van der Waals surface area contributed by atoms with Gasteiger partial charge in [0.05, 0.1) is 6.42 Å². The fourth-order valence-electron chi connectivity index (χ4n) is 6.37. The van der Waals surface area contributed by atoms with Gasteiger partial charge in [0, 0.05) is 18.5 Å². The second-order valence-corrected chi connectivity index (χ2v) is 11.8. The van der Waals surface area contributed by atoms with Gasteiger partial charge in [0.2, 0.25) is 12.7 Å². The van der Waals surface area contributed by atoms with Crippen LogP contribution in [0.2, 0.25) is 0 Å². The van der Waals surface area contributed by atoms with Crippen molar-refractivity contribution in [1.29, 1.82) is 0 Å². The number of aromatic nitrogens is 1. The smallest absolute Gasteiger partial charge is 0.311 e. The van der Waals surface area contributed by atoms with E-state index in [1.807, 2.05) is 97.9 Å². The summed E-state index contributed by atoms with van der Waals surface area (Å²) in [6.45, 7) is 2.21. The molecule has 0 saturated carbocycles. The average Bonchev–Trinajstić information content (AvgIpc) is 3.82. The van der Waals surface area contributed by atoms with Crippen LogP contribution in [0.5, 0.6) is 11.5 Å². The number of cyclic esters (lactones) is 1. The number of carboxylic acid groups (broad SMARTS) is 1. The van der Waals surface area contributed by atoms with E-state index in [4.69, 9.17) is 18.6 Å². The van der Waals surface area contributed by atoms with E-state index < -0.39 is 35.9 Å². The van der Waals surface area contributed by atoms with Crippen molar-refractivity contribution in [2.75, 3.05) is 6.79 Å². The molecule has 1 saturated heterocycles. The second kappa shape index (κ2) is 12.6. The van der Waals surface area contributed by atoms with E-state index in [-0.39, 0.29) is 25.7 Å². The Labute approximate surface area is 270 Å². The molecule has 0 radical (unpaired) electrons. The molecule has 5 aromatic rings. The molecule has 1 amide bonds. The predicted octanol–water partition coefficient (Wildman–Crippen LogP) is 6.33. The van der Waals surface area contributed by atoms with Gasteiger partial charge in [0.1, 0.15) is 11.4 Å². The fraction of sp³-hybridized carbons (Fsp3) is 0.243. The van der Waals surface area contributed by atoms with Crippen LogP contribution in [0, 0.1) is 5.92 Å². The van der Waals surface area contributed by atoms with E-state index in [9.17, 15) is 19.5 Å². The standard InChI is InChI=1S/C37H32N2O8/c1-22(27(26-15-16-31-32(18-26)45-21-44-31)9-6-12-33-38-29-10-4-5-11-30(29)46-33)39(36(41)35-28(37(42)43)19-34(40)47-35)20-23-13-14-24-7-2-3-8-25(24)17-23/h2-8,10-18,22,27-28,35H,9,19-21H2,1H3,(H,42,43)/b12-6+/t22-,27+,28+,35+/m1/s1. The molecule has 0 bridgehead atoms. The third-order valence-electron chi connectivity index (χ3n) is 8.88. The van der Waals surface area contributed by atoms with Crippen LogP contribution >= 0.6 is 0 Å². The summed E-state index contributed by atoms with van der Waals surface area (Å²) in [6.07, 6.45) is 2.43. The van der Waals surface area contributed by atoms with Crippen LogP contribution in [0.25, 0.3) is 27.9 Å². The molecule has 4 atom stereocenters. The summed E-state index contributed by atoms with van der Waals surface area (Å²) in [7, 11) is 0. The molecule has 10 nitrogen and oxygen atoms in total. The molecule has 1 fully saturated rings. The SMILES string of the molecule is C[C@H]([C@H](C/C=C/c1nc2ccccc2o1)c1ccc2c(c1)OCO2)N(Cc1ccc2ccccc2c1)C(=O)[C@H]1OC(=O)C[C@@H]1C(=O)O. The van der Waals surface area contributed by atoms with E-state index in [1.54, 1.807) is 11.0 Å². The van der Waals surface area contributed by atoms with Gasteiger partial charge in [-0.3, -0.25) is 14.4 Å². The number of amides is 1. The number of allylic oxidation sites excluding steroid dienone is 1. The second-order valence-electron chi connectivity index (χ2n) is 11.8. The number of carboxylic acids is 1. The lowest BCUT2D eigenvalue weighted by Gasteiger charge is -2.36. The topological polar surface area (TPSA) is 128 Å². The number of esters is 1. The van der Waals surface area contributed by atoms with Crippen LogP contribution in [-0.2, 0) is 25.7 Å². The van der Waals surface area contributed by atoms with Gasteiger partial charge >= 0.3 is 11.9 Å². The number of benzene rings is 4. The largest absolute Gasteiger partial charge is 0.481 e. The molecular formula is C37H32N2O8. The minimum Gasteiger partial charge on any atom is -0.481 e. The Morgan fingerprint density at radius 1 is 0.979 bits per heavy atom. The van der Waals surface area contributed by atoms with Crippen molar-refractivity contribution in [1.82, 2.24) is 9.88 Å². The van der Waals surface area contributed by atoms with Crippen molar-refractivity contribution >= 4 is 45.8 Å². The Bertz CT molecular complexity index is 1980. The molecule has 0 unspecified atom stereocenters. The Morgan fingerprint density at radius 3 is 2.60 bits per heavy atom. The van der Waals surface area contributed by atoms with Crippen LogP contribution in [0.3, 0.4) is 0 Å². The number of hydrogen-bond donors (Lipinski definition) is 1. The minimum absolute atomic E-state index is 0.118. The molecule has 0 spiro atoms. The first-order chi connectivity index (χ1) is 22.8. The van der Waals surface area contributed by atoms with Gasteiger partial charge in [-0.1, -0.05) is 60.7 Å². The number of nitrogens with zero attached hydrogens (tertiary/aromatic N) is 2. The number of ether oxygens (including phenoxy) is 3. The maximum Gasteiger partial charge on any atom is 0.311 e. The first kappa shape index (κ1) is 30.0. The number of carbonyl (C=O) groups is 3. The summed E-state index contributed by atoms with van der Waals surface area (Å²) in [6, 6.07) is 26.6. The van der Waals surface area contributed by atoms with Gasteiger partial charge in [-0.15, -0.1) is 0 Å². The molecule has 2 aliphatic rings. The van der Waals surface area contributed by atoms with Gasteiger partial charge in [-0.25, -0.2) is 4.98 Å². The summed E-state index contributed by atoms with van der Waals surface area (Å²) in [5.74, 6) is -2.39. The van der Waals surface area contributed by atoms with Crippen LogP contribution in [0.1, 0.15) is 42.7 Å². The number of oxazole rings is 1. The highest BCUT2D eigenvalue weighted by atomic mass is 16.7. The van der Waals surface area contributed by atoms with Gasteiger partial charge in [-0.05, 0) is 71.7 Å². The van der Waals surface area contributed by atoms with Crippen molar-refractivity contribution in [3.8, 4) is 11.5 Å². The Morgan fingerprint density at radius 2 is 1.77 bits per heavy atom. The molecule has 7 rings (SSSR count). The summed E-state index contributed by atoms with van der Waals surface area (Å²) in [4.78, 5) is 44.9. The molecule has 1 N–H and O–H groups in total. The maximum absolute atomic E-state index is 14.3. The zero-order valence-corrected chi connectivity index (χ0v) is 25.6. The zero-order valence-electron chi connectivity index (χ0n) is 25.6. The Balaban J connectivity index is 1.26. The summed E-state index contributed by atoms with van der Waals surface area (Å²) >= 11 is 0. The fourth-order valence-corrected chi connectivity index (χ4v) is 6.37. The van der Waals surface area contributed by atoms with E-state index in [1.165, 1.54) is 0 Å². The minimum atomic E-state index is -1.43. The van der Waals surface area contributed by atoms with Crippen molar-refractivity contribution in [3.05, 3.63) is 108 Å². The highest BCUT2D eigenvalue weighted by molar-refractivity contribution is 5.94. The van der Waals surface area contributed by atoms with E-state index >= 15 is 0 Å². The average molecular weight is 633 g/mol. The molecule has 1 aromatic heterocycles. The number of aliphatic carboxylic acids is 1. The number of para-hydroxylation sites is 2. The summed E-state index contributed by atoms with van der Waals surface area (Å²) in [5, 5.41) is 11.9. The third kappa shape index (κ3) is 6.14. The molecule has 10 heteroatoms. The third-order valence-corrected chi connectivity index (χ3v) is 8.88. The molecule has 2 aliphatic heterocycles. The number of rotatable bonds is 10. The van der Waals surface area contributed by atoms with E-state index in [2.05, 4.69) is 4.98 Å². The highest BCUT2D eigenvalue weighted by Crippen LogP contribution is 2.39. The quantitative estimate of drug-likeness (QED) is 0.176. The van der Waals surface area contributed by atoms with Crippen LogP contribution < -0.4 is 9.47 Å². The lowest BCUT2D eigenvalue weighted by molar-refractivity contribution is -0.159. The van der Waals surface area contributed by atoms with Crippen LogP contribution in [0.4, 0.5) is 0 Å². The summed E-state index contributed by atoms with van der Waals surface area (Å²) in [5.41, 5.74) is 3.17. The first-order valence-electron chi connectivity index (χ1n) is 15.5. The number of carbonyl (C=O) groups excluding carboxylic acids is 2. The molecular weight excluding hydrogens is 600 g/mol. The number of hydrogen-bond acceptors (Lipinski definition) is 8. The molecule has 0 aliphatic carbocycles. The Hall–Kier alpha value is -5.64. The zero-order chi connectivity index (χ0) is 32.5. The number of fused-ring (bicyclic) bond motifs is 3. The first-order valence-corrected chi connectivity index (χ1v) is 15.5. The van der Waals surface area contributed by atoms with Crippen LogP contribution in [0.15, 0.2) is 95.4 Å². The van der Waals surface area contributed by atoms with E-state index in [0.717, 1.165) is 27.4 Å².